The molecule has 0 saturated carbocycles. The molecular formula is C17H18O4S. The fourth-order valence-electron chi connectivity index (χ4n) is 2.00. The normalized spacial score (nSPS) is 12.1. The second kappa shape index (κ2) is 6.02. The van der Waals surface area contributed by atoms with E-state index in [1.54, 1.807) is 42.5 Å². The third-order valence-electron chi connectivity index (χ3n) is 3.21. The van der Waals surface area contributed by atoms with Crippen LogP contribution in [0.5, 0.6) is 0 Å². The second-order valence-corrected chi connectivity index (χ2v) is 7.10. The summed E-state index contributed by atoms with van der Waals surface area (Å²) in [5, 5.41) is 0. The monoisotopic (exact) mass is 318 g/mol. The van der Waals surface area contributed by atoms with Gasteiger partial charge in [-0.15, -0.1) is 0 Å². The van der Waals surface area contributed by atoms with Crippen molar-refractivity contribution in [3.8, 4) is 0 Å². The summed E-state index contributed by atoms with van der Waals surface area (Å²) in [6, 6.07) is 14.8. The van der Waals surface area contributed by atoms with E-state index >= 15 is 0 Å². The van der Waals surface area contributed by atoms with Crippen LogP contribution >= 0.6 is 0 Å². The molecule has 0 aliphatic carbocycles. The zero-order valence-electron chi connectivity index (χ0n) is 12.7. The molecule has 2 aromatic carbocycles. The van der Waals surface area contributed by atoms with E-state index < -0.39 is 15.7 Å². The fraction of sp³-hybridized carbons (Fsp3) is 0.235. The molecule has 4 nitrogen and oxygen atoms in total. The maximum atomic E-state index is 12.4. The molecule has 0 aliphatic heterocycles. The van der Waals surface area contributed by atoms with Crippen molar-refractivity contribution in [1.29, 1.82) is 0 Å². The lowest BCUT2D eigenvalue weighted by molar-refractivity contribution is 0.0605. The number of carbonyl (C=O) groups excluding carboxylic acids is 1. The summed E-state index contributed by atoms with van der Waals surface area (Å²) in [5.74, 6) is -0.385. The van der Waals surface area contributed by atoms with Crippen molar-refractivity contribution in [2.24, 2.45) is 0 Å². The minimum atomic E-state index is -4.01. The summed E-state index contributed by atoms with van der Waals surface area (Å²) in [6.07, 6.45) is 0. The number of hydrogen-bond donors (Lipinski definition) is 0. The zero-order chi connectivity index (χ0) is 16.4. The highest BCUT2D eigenvalue weighted by atomic mass is 32.2. The first-order valence-electron chi connectivity index (χ1n) is 6.84. The first-order valence-corrected chi connectivity index (χ1v) is 8.25. The largest absolute Gasteiger partial charge is 0.297 e. The van der Waals surface area contributed by atoms with Crippen LogP contribution in [0.15, 0.2) is 59.5 Å². The van der Waals surface area contributed by atoms with Gasteiger partial charge in [-0.3, -0.25) is 8.98 Å². The SMILES string of the molecule is Cc1ccc(S(=O)(=O)OC(C)(C)C(=O)c2ccccc2)cc1. The number of carbonyl (C=O) groups is 1. The summed E-state index contributed by atoms with van der Waals surface area (Å²) in [7, 11) is -4.01. The lowest BCUT2D eigenvalue weighted by Crippen LogP contribution is -2.37. The topological polar surface area (TPSA) is 60.4 Å². The summed E-state index contributed by atoms with van der Waals surface area (Å²) >= 11 is 0. The molecule has 0 unspecified atom stereocenters. The van der Waals surface area contributed by atoms with Gasteiger partial charge in [0.2, 0.25) is 0 Å². The molecule has 0 spiro atoms. The van der Waals surface area contributed by atoms with Crippen LogP contribution in [0.3, 0.4) is 0 Å². The molecule has 2 aromatic rings. The molecule has 116 valence electrons. The number of Topliss-reactive ketones (excluding diaryl/α,β-unsaturated/α-hetero) is 1. The second-order valence-electron chi connectivity index (χ2n) is 5.56. The van der Waals surface area contributed by atoms with Gasteiger partial charge in [0.25, 0.3) is 10.1 Å². The Morgan fingerprint density at radius 2 is 1.50 bits per heavy atom. The van der Waals surface area contributed by atoms with Crippen LogP contribution in [-0.2, 0) is 14.3 Å². The van der Waals surface area contributed by atoms with Crippen LogP contribution in [0.2, 0.25) is 0 Å². The van der Waals surface area contributed by atoms with Gasteiger partial charge in [0, 0.05) is 5.56 Å². The highest BCUT2D eigenvalue weighted by Gasteiger charge is 2.35. The van der Waals surface area contributed by atoms with Gasteiger partial charge < -0.3 is 0 Å². The number of benzene rings is 2. The average molecular weight is 318 g/mol. The van der Waals surface area contributed by atoms with E-state index in [0.29, 0.717) is 5.56 Å². The van der Waals surface area contributed by atoms with Gasteiger partial charge >= 0.3 is 0 Å². The number of aryl methyl sites for hydroxylation is 1. The van der Waals surface area contributed by atoms with E-state index in [2.05, 4.69) is 0 Å². The highest BCUT2D eigenvalue weighted by molar-refractivity contribution is 7.86. The van der Waals surface area contributed by atoms with Gasteiger partial charge in [0.15, 0.2) is 5.78 Å². The van der Waals surface area contributed by atoms with Crippen molar-refractivity contribution in [2.75, 3.05) is 0 Å². The van der Waals surface area contributed by atoms with Crippen LogP contribution in [0.4, 0.5) is 0 Å². The molecule has 0 fully saturated rings. The van der Waals surface area contributed by atoms with E-state index in [9.17, 15) is 13.2 Å². The van der Waals surface area contributed by atoms with Crippen LogP contribution in [0.1, 0.15) is 29.8 Å². The van der Waals surface area contributed by atoms with Gasteiger partial charge in [-0.1, -0.05) is 48.0 Å². The quantitative estimate of drug-likeness (QED) is 0.626. The van der Waals surface area contributed by atoms with Crippen molar-refractivity contribution >= 4 is 15.9 Å². The molecule has 0 N–H and O–H groups in total. The van der Waals surface area contributed by atoms with Gasteiger partial charge in [0.1, 0.15) is 5.60 Å². The highest BCUT2D eigenvalue weighted by Crippen LogP contribution is 2.24. The third kappa shape index (κ3) is 3.61. The van der Waals surface area contributed by atoms with Crippen molar-refractivity contribution in [2.45, 2.75) is 31.3 Å². The first kappa shape index (κ1) is 16.4. The van der Waals surface area contributed by atoms with E-state index in [-0.39, 0.29) is 10.7 Å². The van der Waals surface area contributed by atoms with E-state index in [4.69, 9.17) is 4.18 Å². The predicted octanol–water partition coefficient (Wildman–Crippen LogP) is 3.36. The summed E-state index contributed by atoms with van der Waals surface area (Å²) in [5.41, 5.74) is -0.129. The number of ketones is 1. The van der Waals surface area contributed by atoms with Crippen molar-refractivity contribution in [3.63, 3.8) is 0 Å². The average Bonchev–Trinajstić information content (AvgIpc) is 2.46. The molecule has 2 rings (SSSR count). The number of rotatable bonds is 5. The third-order valence-corrected chi connectivity index (χ3v) is 4.70. The molecule has 0 atom stereocenters. The summed E-state index contributed by atoms with van der Waals surface area (Å²) < 4.78 is 29.8. The van der Waals surface area contributed by atoms with Crippen LogP contribution in [-0.4, -0.2) is 19.8 Å². The molecule has 0 aromatic heterocycles. The van der Waals surface area contributed by atoms with Crippen LogP contribution in [0, 0.1) is 6.92 Å². The van der Waals surface area contributed by atoms with E-state index in [1.807, 2.05) is 6.92 Å². The van der Waals surface area contributed by atoms with Crippen LogP contribution in [0.25, 0.3) is 0 Å². The maximum absolute atomic E-state index is 12.4. The van der Waals surface area contributed by atoms with Crippen LogP contribution < -0.4 is 0 Å². The zero-order valence-corrected chi connectivity index (χ0v) is 13.6. The Kier molecular flexibility index (Phi) is 4.49. The minimum absolute atomic E-state index is 0.0343. The summed E-state index contributed by atoms with van der Waals surface area (Å²) in [4.78, 5) is 12.5. The van der Waals surface area contributed by atoms with E-state index in [1.165, 1.54) is 26.0 Å². The Balaban J connectivity index is 2.27. The molecule has 0 amide bonds. The lowest BCUT2D eigenvalue weighted by atomic mass is 9.97. The van der Waals surface area contributed by atoms with Crippen molar-refractivity contribution in [1.82, 2.24) is 0 Å². The molecule has 0 bridgehead atoms. The van der Waals surface area contributed by atoms with Gasteiger partial charge in [0.05, 0.1) is 4.90 Å². The standard InChI is InChI=1S/C17H18O4S/c1-13-9-11-15(12-10-13)22(19,20)21-17(2,3)16(18)14-7-5-4-6-8-14/h4-12H,1-3H3. The Morgan fingerprint density at radius 1 is 0.955 bits per heavy atom. The molecule has 22 heavy (non-hydrogen) atoms. The number of hydrogen-bond acceptors (Lipinski definition) is 4. The lowest BCUT2D eigenvalue weighted by Gasteiger charge is -2.23. The molecule has 0 aliphatic rings. The fourth-order valence-corrected chi connectivity index (χ4v) is 3.19. The van der Waals surface area contributed by atoms with Gasteiger partial charge in [-0.25, -0.2) is 0 Å². The molecule has 5 heteroatoms. The van der Waals surface area contributed by atoms with Crippen molar-refractivity contribution < 1.29 is 17.4 Å². The Bertz CT molecular complexity index is 760. The minimum Gasteiger partial charge on any atom is -0.291 e. The summed E-state index contributed by atoms with van der Waals surface area (Å²) in [6.45, 7) is 4.77. The first-order chi connectivity index (χ1) is 10.2. The van der Waals surface area contributed by atoms with Crippen molar-refractivity contribution in [3.05, 3.63) is 65.7 Å². The Morgan fingerprint density at radius 3 is 2.05 bits per heavy atom. The Hall–Kier alpha value is -1.98. The Labute approximate surface area is 130 Å². The molecule has 0 radical (unpaired) electrons. The van der Waals surface area contributed by atoms with Gasteiger partial charge in [-0.2, -0.15) is 8.42 Å². The predicted molar refractivity (Wildman–Crippen MR) is 84.3 cm³/mol. The van der Waals surface area contributed by atoms with E-state index in [0.717, 1.165) is 5.56 Å². The molecular weight excluding hydrogens is 300 g/mol. The maximum Gasteiger partial charge on any atom is 0.297 e. The molecule has 0 saturated heterocycles. The van der Waals surface area contributed by atoms with Gasteiger partial charge in [-0.05, 0) is 32.9 Å². The molecule has 0 heterocycles. The smallest absolute Gasteiger partial charge is 0.291 e.